The second kappa shape index (κ2) is 5.53. The maximum Gasteiger partial charge on any atom is 0.157 e. The summed E-state index contributed by atoms with van der Waals surface area (Å²) in [4.78, 5) is 8.32. The van der Waals surface area contributed by atoms with Gasteiger partial charge in [-0.05, 0) is 37.7 Å². The summed E-state index contributed by atoms with van der Waals surface area (Å²) in [6, 6.07) is 1.76. The van der Waals surface area contributed by atoms with Gasteiger partial charge in [-0.2, -0.15) is 0 Å². The van der Waals surface area contributed by atoms with E-state index in [4.69, 9.17) is 9.47 Å². The average Bonchev–Trinajstić information content (AvgIpc) is 2.48. The number of hydrogen-bond acceptors (Lipinski definition) is 5. The van der Waals surface area contributed by atoms with Crippen LogP contribution in [0.1, 0.15) is 37.6 Å². The van der Waals surface area contributed by atoms with E-state index in [-0.39, 0.29) is 11.5 Å². The maximum atomic E-state index is 10.4. The van der Waals surface area contributed by atoms with Crippen LogP contribution < -0.4 is 0 Å². The highest BCUT2D eigenvalue weighted by molar-refractivity contribution is 4.99. The molecule has 2 aliphatic heterocycles. The van der Waals surface area contributed by atoms with Crippen molar-refractivity contribution in [2.45, 2.75) is 37.4 Å². The van der Waals surface area contributed by atoms with Crippen molar-refractivity contribution in [3.63, 3.8) is 0 Å². The van der Waals surface area contributed by atoms with Crippen LogP contribution in [0.2, 0.25) is 0 Å². The van der Waals surface area contributed by atoms with Crippen molar-refractivity contribution in [3.8, 4) is 0 Å². The molecule has 1 N–H and O–H groups in total. The van der Waals surface area contributed by atoms with Crippen molar-refractivity contribution in [1.82, 2.24) is 9.97 Å². The molecule has 104 valence electrons. The first kappa shape index (κ1) is 13.0. The quantitative estimate of drug-likeness (QED) is 0.876. The molecule has 2 fully saturated rings. The van der Waals surface area contributed by atoms with E-state index in [0.29, 0.717) is 12.4 Å². The Hall–Kier alpha value is -1.04. The molecule has 1 spiro atoms. The van der Waals surface area contributed by atoms with Gasteiger partial charge in [-0.3, -0.25) is 0 Å². The highest BCUT2D eigenvalue weighted by Gasteiger charge is 2.41. The van der Waals surface area contributed by atoms with Crippen molar-refractivity contribution >= 4 is 0 Å². The number of aromatic nitrogens is 2. The highest BCUT2D eigenvalue weighted by Crippen LogP contribution is 2.41. The fraction of sp³-hybridized carbons (Fsp3) is 0.714. The zero-order valence-corrected chi connectivity index (χ0v) is 11.0. The van der Waals surface area contributed by atoms with Gasteiger partial charge in [0.2, 0.25) is 0 Å². The Morgan fingerprint density at radius 2 is 1.95 bits per heavy atom. The lowest BCUT2D eigenvalue weighted by Gasteiger charge is -2.44. The van der Waals surface area contributed by atoms with Crippen LogP contribution in [0.5, 0.6) is 0 Å². The van der Waals surface area contributed by atoms with Crippen molar-refractivity contribution in [1.29, 1.82) is 0 Å². The zero-order valence-electron chi connectivity index (χ0n) is 11.0. The summed E-state index contributed by atoms with van der Waals surface area (Å²) in [5.74, 6) is 0.700. The van der Waals surface area contributed by atoms with Gasteiger partial charge in [0.15, 0.2) is 5.82 Å². The monoisotopic (exact) mass is 264 g/mol. The summed E-state index contributed by atoms with van der Waals surface area (Å²) < 4.78 is 11.4. The summed E-state index contributed by atoms with van der Waals surface area (Å²) in [7, 11) is 0. The molecule has 0 aromatic carbocycles. The molecule has 2 aliphatic rings. The van der Waals surface area contributed by atoms with Gasteiger partial charge in [0.1, 0.15) is 6.10 Å². The molecular weight excluding hydrogens is 244 g/mol. The Bertz CT molecular complexity index is 401. The van der Waals surface area contributed by atoms with Gasteiger partial charge in [-0.1, -0.05) is 0 Å². The summed E-state index contributed by atoms with van der Waals surface area (Å²) in [6.07, 6.45) is 6.34. The number of ether oxygens (including phenoxy) is 2. The lowest BCUT2D eigenvalue weighted by Crippen LogP contribution is -2.45. The Morgan fingerprint density at radius 1 is 1.21 bits per heavy atom. The molecule has 19 heavy (non-hydrogen) atoms. The summed E-state index contributed by atoms with van der Waals surface area (Å²) in [5, 5.41) is 10.4. The molecule has 5 nitrogen and oxygen atoms in total. The van der Waals surface area contributed by atoms with Gasteiger partial charge >= 0.3 is 0 Å². The molecular formula is C14H20N2O3. The zero-order chi connectivity index (χ0) is 13.1. The molecule has 2 atom stereocenters. The van der Waals surface area contributed by atoms with E-state index in [2.05, 4.69) is 9.97 Å². The van der Waals surface area contributed by atoms with E-state index in [1.54, 1.807) is 18.5 Å². The van der Waals surface area contributed by atoms with E-state index in [0.717, 1.165) is 38.9 Å². The molecule has 3 heterocycles. The lowest BCUT2D eigenvalue weighted by atomic mass is 9.78. The van der Waals surface area contributed by atoms with Gasteiger partial charge in [0.25, 0.3) is 0 Å². The molecule has 0 bridgehead atoms. The van der Waals surface area contributed by atoms with E-state index in [1.807, 2.05) is 0 Å². The number of aliphatic hydroxyl groups is 1. The first-order chi connectivity index (χ1) is 9.29. The number of rotatable bonds is 2. The molecule has 0 saturated carbocycles. The molecule has 0 aliphatic carbocycles. The predicted octanol–water partition coefficient (Wildman–Crippen LogP) is 1.49. The minimum Gasteiger partial charge on any atom is -0.385 e. The van der Waals surface area contributed by atoms with Crippen molar-refractivity contribution in [3.05, 3.63) is 24.3 Å². The SMILES string of the molecule is OC(c1ncccn1)C1CCOC2(CCOCC2)C1. The van der Waals surface area contributed by atoms with Crippen LogP contribution >= 0.6 is 0 Å². The third-order valence-electron chi connectivity index (χ3n) is 4.23. The molecule has 2 unspecified atom stereocenters. The van der Waals surface area contributed by atoms with Crippen molar-refractivity contribution in [2.24, 2.45) is 5.92 Å². The van der Waals surface area contributed by atoms with Crippen LogP contribution in [0.4, 0.5) is 0 Å². The first-order valence-electron chi connectivity index (χ1n) is 6.96. The Morgan fingerprint density at radius 3 is 2.68 bits per heavy atom. The Kier molecular flexibility index (Phi) is 3.77. The molecule has 2 saturated heterocycles. The average molecular weight is 264 g/mol. The molecule has 0 amide bonds. The minimum atomic E-state index is -0.593. The van der Waals surface area contributed by atoms with Crippen LogP contribution in [-0.2, 0) is 9.47 Å². The fourth-order valence-corrected chi connectivity index (χ4v) is 3.10. The summed E-state index contributed by atoms with van der Waals surface area (Å²) in [5.41, 5.74) is -0.100. The second-order valence-corrected chi connectivity index (χ2v) is 5.45. The smallest absolute Gasteiger partial charge is 0.157 e. The predicted molar refractivity (Wildman–Crippen MR) is 68.5 cm³/mol. The Labute approximate surface area is 113 Å². The van der Waals surface area contributed by atoms with Crippen LogP contribution in [0.25, 0.3) is 0 Å². The molecule has 1 aromatic heterocycles. The standard InChI is InChI=1S/C14H20N2O3/c17-12(13-15-5-1-6-16-13)11-2-7-19-14(10-11)3-8-18-9-4-14/h1,5-6,11-12,17H,2-4,7-10H2. The second-order valence-electron chi connectivity index (χ2n) is 5.45. The number of hydrogen-bond donors (Lipinski definition) is 1. The van der Waals surface area contributed by atoms with E-state index >= 15 is 0 Å². The third-order valence-corrected chi connectivity index (χ3v) is 4.23. The lowest BCUT2D eigenvalue weighted by molar-refractivity contribution is -0.159. The molecule has 0 radical (unpaired) electrons. The minimum absolute atomic E-state index is 0.100. The van der Waals surface area contributed by atoms with Crippen LogP contribution in [0.15, 0.2) is 18.5 Å². The first-order valence-corrected chi connectivity index (χ1v) is 6.96. The maximum absolute atomic E-state index is 10.4. The van der Waals surface area contributed by atoms with Gasteiger partial charge in [0.05, 0.1) is 5.60 Å². The van der Waals surface area contributed by atoms with Crippen LogP contribution in [-0.4, -0.2) is 40.5 Å². The number of aliphatic hydroxyl groups excluding tert-OH is 1. The van der Waals surface area contributed by atoms with Crippen LogP contribution in [0, 0.1) is 5.92 Å². The Balaban J connectivity index is 1.71. The van der Waals surface area contributed by atoms with Gasteiger partial charge in [-0.15, -0.1) is 0 Å². The summed E-state index contributed by atoms with van der Waals surface area (Å²) in [6.45, 7) is 2.21. The largest absolute Gasteiger partial charge is 0.385 e. The molecule has 3 rings (SSSR count). The third kappa shape index (κ3) is 2.78. The van der Waals surface area contributed by atoms with Gasteiger partial charge in [0, 0.05) is 32.2 Å². The van der Waals surface area contributed by atoms with E-state index in [9.17, 15) is 5.11 Å². The molecule has 5 heteroatoms. The topological polar surface area (TPSA) is 64.5 Å². The summed E-state index contributed by atoms with van der Waals surface area (Å²) >= 11 is 0. The van der Waals surface area contributed by atoms with Gasteiger partial charge < -0.3 is 14.6 Å². The van der Waals surface area contributed by atoms with E-state index < -0.39 is 6.10 Å². The molecule has 1 aromatic rings. The van der Waals surface area contributed by atoms with Crippen molar-refractivity contribution in [2.75, 3.05) is 19.8 Å². The fourth-order valence-electron chi connectivity index (χ4n) is 3.10. The number of nitrogens with zero attached hydrogens (tertiary/aromatic N) is 2. The van der Waals surface area contributed by atoms with Crippen molar-refractivity contribution < 1.29 is 14.6 Å². The highest BCUT2D eigenvalue weighted by atomic mass is 16.5. The van der Waals surface area contributed by atoms with E-state index in [1.165, 1.54) is 0 Å². The van der Waals surface area contributed by atoms with Crippen LogP contribution in [0.3, 0.4) is 0 Å². The van der Waals surface area contributed by atoms with Gasteiger partial charge in [-0.25, -0.2) is 9.97 Å². The normalized spacial score (nSPS) is 28.2.